The lowest BCUT2D eigenvalue weighted by atomic mass is 10.1. The van der Waals surface area contributed by atoms with Crippen LogP contribution in [0.3, 0.4) is 0 Å². The van der Waals surface area contributed by atoms with Crippen molar-refractivity contribution in [2.24, 2.45) is 0 Å². The van der Waals surface area contributed by atoms with Crippen molar-refractivity contribution in [3.63, 3.8) is 0 Å². The summed E-state index contributed by atoms with van der Waals surface area (Å²) in [4.78, 5) is 21.2. The maximum Gasteiger partial charge on any atom is 0.253 e. The summed E-state index contributed by atoms with van der Waals surface area (Å²) in [5.74, 6) is 0.624. The highest BCUT2D eigenvalue weighted by atomic mass is 16.5. The van der Waals surface area contributed by atoms with Gasteiger partial charge in [-0.05, 0) is 49.9 Å². The maximum absolute atomic E-state index is 12.6. The van der Waals surface area contributed by atoms with Crippen LogP contribution >= 0.6 is 0 Å². The minimum Gasteiger partial charge on any atom is -0.493 e. The average molecular weight is 423 g/mol. The van der Waals surface area contributed by atoms with Gasteiger partial charge in [0.25, 0.3) is 5.91 Å². The second-order valence-corrected chi connectivity index (χ2v) is 7.72. The zero-order chi connectivity index (χ0) is 22.0. The molecule has 0 aromatic carbocycles. The fourth-order valence-electron chi connectivity index (χ4n) is 3.46. The van der Waals surface area contributed by atoms with Gasteiger partial charge >= 0.3 is 0 Å². The Hall–Kier alpha value is -3.46. The topological polar surface area (TPSA) is 111 Å². The Morgan fingerprint density at radius 1 is 1.26 bits per heavy atom. The number of nitrogens with one attached hydrogen (secondary N) is 1. The number of carbonyl (C=O) groups excluding carboxylic acids is 1. The van der Waals surface area contributed by atoms with Crippen LogP contribution < -0.4 is 10.1 Å². The lowest BCUT2D eigenvalue weighted by Gasteiger charge is -2.16. The summed E-state index contributed by atoms with van der Waals surface area (Å²) in [6.07, 6.45) is 5.74. The molecule has 4 rings (SSSR count). The number of carbonyl (C=O) groups is 1. The van der Waals surface area contributed by atoms with Crippen molar-refractivity contribution in [2.45, 2.75) is 31.7 Å². The molecule has 1 saturated carbocycles. The van der Waals surface area contributed by atoms with Gasteiger partial charge in [-0.15, -0.1) is 0 Å². The summed E-state index contributed by atoms with van der Waals surface area (Å²) < 4.78 is 11.7. The molecule has 1 fully saturated rings. The first-order valence-electron chi connectivity index (χ1n) is 10.0. The molecule has 9 heteroatoms. The van der Waals surface area contributed by atoms with Crippen LogP contribution in [0.15, 0.2) is 36.7 Å². The van der Waals surface area contributed by atoms with Crippen LogP contribution in [0.4, 0.5) is 0 Å². The SMILES string of the molecule is COCCC1(NC(=O)c2ccc(-n3ncc(-c4cc(C)nc(OC)c4)c3O)nc2)CC1. The summed E-state index contributed by atoms with van der Waals surface area (Å²) in [6, 6.07) is 6.89. The van der Waals surface area contributed by atoms with Crippen molar-refractivity contribution in [2.75, 3.05) is 20.8 Å². The Kier molecular flexibility index (Phi) is 5.60. The number of aromatic hydroxyl groups is 1. The van der Waals surface area contributed by atoms with Gasteiger partial charge in [-0.3, -0.25) is 4.79 Å². The number of hydrogen-bond acceptors (Lipinski definition) is 7. The third kappa shape index (κ3) is 4.36. The Morgan fingerprint density at radius 3 is 2.71 bits per heavy atom. The van der Waals surface area contributed by atoms with Crippen LogP contribution in [0.25, 0.3) is 16.9 Å². The summed E-state index contributed by atoms with van der Waals surface area (Å²) in [6.45, 7) is 2.46. The largest absolute Gasteiger partial charge is 0.493 e. The van der Waals surface area contributed by atoms with E-state index in [0.717, 1.165) is 30.5 Å². The molecule has 0 unspecified atom stereocenters. The number of nitrogens with zero attached hydrogens (tertiary/aromatic N) is 4. The highest BCUT2D eigenvalue weighted by Gasteiger charge is 2.43. The van der Waals surface area contributed by atoms with Crippen molar-refractivity contribution in [3.8, 4) is 28.7 Å². The predicted octanol–water partition coefficient (Wildman–Crippen LogP) is 2.65. The first kappa shape index (κ1) is 20.8. The molecule has 1 amide bonds. The first-order chi connectivity index (χ1) is 14.9. The zero-order valence-corrected chi connectivity index (χ0v) is 17.8. The molecular weight excluding hydrogens is 398 g/mol. The monoisotopic (exact) mass is 423 g/mol. The normalized spacial score (nSPS) is 14.3. The van der Waals surface area contributed by atoms with E-state index in [9.17, 15) is 9.90 Å². The number of aryl methyl sites for hydroxylation is 1. The van der Waals surface area contributed by atoms with Crippen molar-refractivity contribution < 1.29 is 19.4 Å². The number of hydrogen-bond donors (Lipinski definition) is 2. The van der Waals surface area contributed by atoms with Crippen molar-refractivity contribution in [1.29, 1.82) is 0 Å². The number of ether oxygens (including phenoxy) is 2. The smallest absolute Gasteiger partial charge is 0.253 e. The average Bonchev–Trinajstić information content (AvgIpc) is 3.43. The standard InChI is InChI=1S/C22H25N5O4/c1-14-10-16(11-19(25-14)31-3)17-13-24-27(21(17)29)18-5-4-15(12-23-18)20(28)26-22(6-7-22)8-9-30-2/h4-5,10-13,29H,6-9H2,1-3H3,(H,26,28). The third-order valence-corrected chi connectivity index (χ3v) is 5.44. The van der Waals surface area contributed by atoms with E-state index >= 15 is 0 Å². The molecular formula is C22H25N5O4. The second kappa shape index (κ2) is 8.35. The predicted molar refractivity (Wildman–Crippen MR) is 113 cm³/mol. The van der Waals surface area contributed by atoms with Gasteiger partial charge in [0.2, 0.25) is 11.8 Å². The van der Waals surface area contributed by atoms with Gasteiger partial charge in [-0.1, -0.05) is 0 Å². The van der Waals surface area contributed by atoms with E-state index in [2.05, 4.69) is 20.4 Å². The number of methoxy groups -OCH3 is 2. The number of aromatic nitrogens is 4. The maximum atomic E-state index is 12.6. The van der Waals surface area contributed by atoms with Gasteiger partial charge in [-0.25, -0.2) is 9.97 Å². The van der Waals surface area contributed by atoms with Gasteiger partial charge < -0.3 is 19.9 Å². The number of rotatable bonds is 8. The van der Waals surface area contributed by atoms with Crippen molar-refractivity contribution >= 4 is 5.91 Å². The highest BCUT2D eigenvalue weighted by Crippen LogP contribution is 2.39. The molecule has 1 aliphatic carbocycles. The summed E-state index contributed by atoms with van der Waals surface area (Å²) in [7, 11) is 3.20. The lowest BCUT2D eigenvalue weighted by Crippen LogP contribution is -2.37. The molecule has 0 saturated heterocycles. The molecule has 3 aromatic rings. The molecule has 31 heavy (non-hydrogen) atoms. The van der Waals surface area contributed by atoms with Crippen LogP contribution in [0.5, 0.6) is 11.8 Å². The number of amides is 1. The van der Waals surface area contributed by atoms with Gasteiger partial charge in [-0.2, -0.15) is 9.78 Å². The molecule has 3 aromatic heterocycles. The zero-order valence-electron chi connectivity index (χ0n) is 17.8. The molecule has 0 radical (unpaired) electrons. The molecule has 162 valence electrons. The van der Waals surface area contributed by atoms with Crippen molar-refractivity contribution in [3.05, 3.63) is 47.9 Å². The van der Waals surface area contributed by atoms with Crippen LogP contribution in [-0.4, -0.2) is 57.1 Å². The minimum atomic E-state index is -0.169. The third-order valence-electron chi connectivity index (χ3n) is 5.44. The van der Waals surface area contributed by atoms with Crippen LogP contribution in [0, 0.1) is 6.92 Å². The Labute approximate surface area is 180 Å². The van der Waals surface area contributed by atoms with E-state index < -0.39 is 0 Å². The Morgan fingerprint density at radius 2 is 2.06 bits per heavy atom. The summed E-state index contributed by atoms with van der Waals surface area (Å²) in [5.41, 5.74) is 2.31. The van der Waals surface area contributed by atoms with Gasteiger partial charge in [0, 0.05) is 37.2 Å². The highest BCUT2D eigenvalue weighted by molar-refractivity contribution is 5.94. The Balaban J connectivity index is 1.52. The van der Waals surface area contributed by atoms with Gasteiger partial charge in [0.15, 0.2) is 5.82 Å². The van der Waals surface area contributed by atoms with Gasteiger partial charge in [0.1, 0.15) is 0 Å². The van der Waals surface area contributed by atoms with E-state index in [1.165, 1.54) is 10.9 Å². The summed E-state index contributed by atoms with van der Waals surface area (Å²) in [5, 5.41) is 18.1. The summed E-state index contributed by atoms with van der Waals surface area (Å²) >= 11 is 0. The second-order valence-electron chi connectivity index (χ2n) is 7.72. The molecule has 2 N–H and O–H groups in total. The minimum absolute atomic E-state index is 0.0612. The van der Waals surface area contributed by atoms with E-state index in [4.69, 9.17) is 9.47 Å². The van der Waals surface area contributed by atoms with Crippen LogP contribution in [-0.2, 0) is 4.74 Å². The van der Waals surface area contributed by atoms with E-state index in [1.807, 2.05) is 13.0 Å². The van der Waals surface area contributed by atoms with Crippen LogP contribution in [0.1, 0.15) is 35.3 Å². The fourth-order valence-corrected chi connectivity index (χ4v) is 3.46. The molecule has 0 aliphatic heterocycles. The van der Waals surface area contributed by atoms with E-state index in [0.29, 0.717) is 29.4 Å². The van der Waals surface area contributed by atoms with Crippen LogP contribution in [0.2, 0.25) is 0 Å². The molecule has 1 aliphatic rings. The van der Waals surface area contributed by atoms with Crippen molar-refractivity contribution in [1.82, 2.24) is 25.1 Å². The van der Waals surface area contributed by atoms with E-state index in [-0.39, 0.29) is 17.3 Å². The molecule has 0 spiro atoms. The molecule has 9 nitrogen and oxygen atoms in total. The molecule has 0 atom stereocenters. The molecule has 3 heterocycles. The van der Waals surface area contributed by atoms with E-state index in [1.54, 1.807) is 38.6 Å². The lowest BCUT2D eigenvalue weighted by molar-refractivity contribution is 0.0916. The fraction of sp³-hybridized carbons (Fsp3) is 0.364. The first-order valence-corrected chi connectivity index (χ1v) is 10.0. The molecule has 0 bridgehead atoms. The van der Waals surface area contributed by atoms with Gasteiger partial charge in [0.05, 0.1) is 24.4 Å². The Bertz CT molecular complexity index is 1090. The quantitative estimate of drug-likeness (QED) is 0.573. The number of pyridine rings is 2.